The van der Waals surface area contributed by atoms with E-state index in [1.807, 2.05) is 6.08 Å². The van der Waals surface area contributed by atoms with Gasteiger partial charge in [0.05, 0.1) is 12.9 Å². The maximum Gasteiger partial charge on any atom is 0.125 e. The third-order valence-corrected chi connectivity index (χ3v) is 2.65. The third-order valence-electron chi connectivity index (χ3n) is 2.65. The molecule has 0 aromatic rings. The second-order valence-corrected chi connectivity index (χ2v) is 3.86. The zero-order valence-corrected chi connectivity index (χ0v) is 9.06. The van der Waals surface area contributed by atoms with Gasteiger partial charge in [0.1, 0.15) is 12.4 Å². The highest BCUT2D eigenvalue weighted by Crippen LogP contribution is 2.25. The summed E-state index contributed by atoms with van der Waals surface area (Å²) in [5.41, 5.74) is 0. The van der Waals surface area contributed by atoms with Gasteiger partial charge in [-0.25, -0.2) is 0 Å². The number of ether oxygens (including phenoxy) is 1. The molecule has 1 fully saturated rings. The number of rotatable bonds is 5. The van der Waals surface area contributed by atoms with Crippen molar-refractivity contribution in [3.63, 3.8) is 0 Å². The van der Waals surface area contributed by atoms with E-state index in [1.54, 1.807) is 0 Å². The summed E-state index contributed by atoms with van der Waals surface area (Å²) in [5.74, 6) is 1.13. The molecule has 0 heterocycles. The van der Waals surface area contributed by atoms with Gasteiger partial charge in [-0.2, -0.15) is 0 Å². The summed E-state index contributed by atoms with van der Waals surface area (Å²) in [5, 5.41) is 17.6. The van der Waals surface area contributed by atoms with Crippen LogP contribution in [0.2, 0.25) is 0 Å². The molecule has 3 nitrogen and oxygen atoms in total. The minimum atomic E-state index is -0.0771. The molecule has 2 N–H and O–H groups in total. The van der Waals surface area contributed by atoms with Gasteiger partial charge in [-0.15, -0.1) is 0 Å². The Morgan fingerprint density at radius 2 is 1.93 bits per heavy atom. The average molecular weight is 212 g/mol. The average Bonchev–Trinajstić information content (AvgIpc) is 2.29. The van der Waals surface area contributed by atoms with Crippen molar-refractivity contribution in [3.8, 4) is 0 Å². The topological polar surface area (TPSA) is 49.7 Å². The number of aliphatic hydroxyl groups is 2. The van der Waals surface area contributed by atoms with E-state index in [0.717, 1.165) is 0 Å². The van der Waals surface area contributed by atoms with Gasteiger partial charge in [0.15, 0.2) is 0 Å². The zero-order valence-electron chi connectivity index (χ0n) is 9.06. The first-order valence-corrected chi connectivity index (χ1v) is 5.61. The van der Waals surface area contributed by atoms with E-state index in [2.05, 4.69) is 0 Å². The Kier molecular flexibility index (Phi) is 6.12. The first-order valence-electron chi connectivity index (χ1n) is 5.61. The van der Waals surface area contributed by atoms with Gasteiger partial charge in [0.25, 0.3) is 0 Å². The van der Waals surface area contributed by atoms with E-state index in [9.17, 15) is 0 Å². The summed E-state index contributed by atoms with van der Waals surface area (Å²) < 4.78 is 5.20. The third kappa shape index (κ3) is 5.00. The van der Waals surface area contributed by atoms with Crippen molar-refractivity contribution in [2.24, 2.45) is 5.92 Å². The summed E-state index contributed by atoms with van der Waals surface area (Å²) in [6.07, 6.45) is 11.2. The lowest BCUT2D eigenvalue weighted by Gasteiger charge is -2.18. The first kappa shape index (κ1) is 12.3. The summed E-state index contributed by atoms with van der Waals surface area (Å²) in [7, 11) is 0. The van der Waals surface area contributed by atoms with Gasteiger partial charge >= 0.3 is 0 Å². The molecule has 1 saturated carbocycles. The van der Waals surface area contributed by atoms with Gasteiger partial charge in [-0.05, 0) is 30.9 Å². The lowest BCUT2D eigenvalue weighted by atomic mass is 9.89. The van der Waals surface area contributed by atoms with Crippen LogP contribution < -0.4 is 0 Å². The van der Waals surface area contributed by atoms with Crippen LogP contribution >= 0.6 is 0 Å². The molecule has 1 aliphatic rings. The van der Waals surface area contributed by atoms with Crippen LogP contribution in [0.15, 0.2) is 24.2 Å². The van der Waals surface area contributed by atoms with E-state index < -0.39 is 0 Å². The Labute approximate surface area is 91.1 Å². The molecule has 0 aromatic heterocycles. The van der Waals surface area contributed by atoms with Crippen molar-refractivity contribution in [2.45, 2.75) is 32.1 Å². The Morgan fingerprint density at radius 3 is 2.53 bits per heavy atom. The molecule has 3 heteroatoms. The standard InChI is InChI=1S/C12H20O3/c13-7-4-8-15-12(10-14)9-11-5-2-1-3-6-11/h4,8-9,11,13-14H,1-3,5-7,10H2/b8-4+,12-9+. The summed E-state index contributed by atoms with van der Waals surface area (Å²) >= 11 is 0. The quantitative estimate of drug-likeness (QED) is 0.685. The number of allylic oxidation sites excluding steroid dienone is 1. The second kappa shape index (κ2) is 7.49. The monoisotopic (exact) mass is 212 g/mol. The molecule has 0 saturated heterocycles. The molecular formula is C12H20O3. The van der Waals surface area contributed by atoms with Crippen LogP contribution in [0.4, 0.5) is 0 Å². The molecule has 86 valence electrons. The number of aliphatic hydroxyl groups excluding tert-OH is 2. The molecule has 0 aliphatic heterocycles. The van der Waals surface area contributed by atoms with E-state index >= 15 is 0 Å². The predicted molar refractivity (Wildman–Crippen MR) is 59.1 cm³/mol. The normalized spacial score (nSPS) is 19.7. The van der Waals surface area contributed by atoms with Crippen LogP contribution in [0.25, 0.3) is 0 Å². The predicted octanol–water partition coefficient (Wildman–Crippen LogP) is 1.97. The fourth-order valence-electron chi connectivity index (χ4n) is 1.87. The van der Waals surface area contributed by atoms with E-state index in [4.69, 9.17) is 14.9 Å². The zero-order chi connectivity index (χ0) is 10.9. The summed E-state index contributed by atoms with van der Waals surface area (Å²) in [4.78, 5) is 0. The van der Waals surface area contributed by atoms with Gasteiger partial charge in [0.2, 0.25) is 0 Å². The van der Waals surface area contributed by atoms with Crippen LogP contribution in [0.5, 0.6) is 0 Å². The van der Waals surface area contributed by atoms with E-state index in [-0.39, 0.29) is 13.2 Å². The van der Waals surface area contributed by atoms with Crippen molar-refractivity contribution >= 4 is 0 Å². The molecule has 1 aliphatic carbocycles. The lowest BCUT2D eigenvalue weighted by molar-refractivity contribution is 0.227. The highest BCUT2D eigenvalue weighted by molar-refractivity contribution is 4.99. The van der Waals surface area contributed by atoms with Crippen LogP contribution in [-0.2, 0) is 4.74 Å². The second-order valence-electron chi connectivity index (χ2n) is 3.86. The maximum absolute atomic E-state index is 9.07. The highest BCUT2D eigenvalue weighted by atomic mass is 16.5. The summed E-state index contributed by atoms with van der Waals surface area (Å²) in [6.45, 7) is -0.117. The van der Waals surface area contributed by atoms with Crippen molar-refractivity contribution in [2.75, 3.05) is 13.2 Å². The maximum atomic E-state index is 9.07. The van der Waals surface area contributed by atoms with Crippen LogP contribution in [0.3, 0.4) is 0 Å². The van der Waals surface area contributed by atoms with Crippen LogP contribution in [0.1, 0.15) is 32.1 Å². The molecule has 0 spiro atoms. The van der Waals surface area contributed by atoms with E-state index in [0.29, 0.717) is 11.7 Å². The van der Waals surface area contributed by atoms with Crippen molar-refractivity contribution in [1.29, 1.82) is 0 Å². The van der Waals surface area contributed by atoms with Gasteiger partial charge in [-0.1, -0.05) is 19.3 Å². The Balaban J connectivity index is 2.40. The number of hydrogen-bond acceptors (Lipinski definition) is 3. The fourth-order valence-corrected chi connectivity index (χ4v) is 1.87. The molecule has 1 rings (SSSR count). The van der Waals surface area contributed by atoms with Crippen LogP contribution in [0, 0.1) is 5.92 Å². The molecule has 0 aromatic carbocycles. The molecule has 15 heavy (non-hydrogen) atoms. The molecule has 0 unspecified atom stereocenters. The lowest BCUT2D eigenvalue weighted by Crippen LogP contribution is -2.05. The van der Waals surface area contributed by atoms with Crippen molar-refractivity contribution in [1.82, 2.24) is 0 Å². The number of hydrogen-bond donors (Lipinski definition) is 2. The van der Waals surface area contributed by atoms with Crippen LogP contribution in [-0.4, -0.2) is 23.4 Å². The van der Waals surface area contributed by atoms with Crippen molar-refractivity contribution in [3.05, 3.63) is 24.2 Å². The van der Waals surface area contributed by atoms with Gasteiger partial charge in [0, 0.05) is 0 Å². The summed E-state index contributed by atoms with van der Waals surface area (Å²) in [6, 6.07) is 0. The minimum absolute atomic E-state index is 0.0395. The largest absolute Gasteiger partial charge is 0.467 e. The highest BCUT2D eigenvalue weighted by Gasteiger charge is 2.11. The van der Waals surface area contributed by atoms with Gasteiger partial charge in [-0.3, -0.25) is 0 Å². The van der Waals surface area contributed by atoms with Crippen molar-refractivity contribution < 1.29 is 14.9 Å². The molecule has 0 atom stereocenters. The smallest absolute Gasteiger partial charge is 0.125 e. The molecular weight excluding hydrogens is 192 g/mol. The molecule has 0 radical (unpaired) electrons. The fraction of sp³-hybridized carbons (Fsp3) is 0.667. The Hall–Kier alpha value is -0.800. The molecule has 0 bridgehead atoms. The Morgan fingerprint density at radius 1 is 1.20 bits per heavy atom. The first-order chi connectivity index (χ1) is 7.36. The SMILES string of the molecule is OC/C=C/O/C(=C/C1CCCCC1)CO. The Bertz CT molecular complexity index is 215. The van der Waals surface area contributed by atoms with Gasteiger partial charge < -0.3 is 14.9 Å². The minimum Gasteiger partial charge on any atom is -0.467 e. The van der Waals surface area contributed by atoms with E-state index in [1.165, 1.54) is 44.4 Å². The molecule has 0 amide bonds.